The Bertz CT molecular complexity index is 1370. The van der Waals surface area contributed by atoms with Gasteiger partial charge in [0.15, 0.2) is 9.84 Å². The summed E-state index contributed by atoms with van der Waals surface area (Å²) in [6, 6.07) is 10.7. The number of carbonyl (C=O) groups is 1. The molecule has 0 saturated carbocycles. The second kappa shape index (κ2) is 11.7. The van der Waals surface area contributed by atoms with E-state index in [0.717, 1.165) is 25.2 Å². The number of unbranched alkanes of at least 4 members (excludes halogenated alkanes) is 1. The molecule has 3 aromatic rings. The number of aromatic nitrogens is 1. The van der Waals surface area contributed by atoms with Crippen LogP contribution in [0.15, 0.2) is 53.4 Å². The molecule has 3 rings (SSSR count). The second-order valence-electron chi connectivity index (χ2n) is 8.60. The Hall–Kier alpha value is -2.82. The van der Waals surface area contributed by atoms with E-state index in [2.05, 4.69) is 5.32 Å². The fraction of sp³-hybridized carbons (Fsp3) is 0.346. The average molecular weight is 557 g/mol. The van der Waals surface area contributed by atoms with Crippen LogP contribution in [0.4, 0.5) is 18.9 Å². The second-order valence-corrected chi connectivity index (χ2v) is 11.0. The summed E-state index contributed by atoms with van der Waals surface area (Å²) in [7, 11) is -3.40. The molecule has 0 fully saturated rings. The Balaban J connectivity index is 2.01. The van der Waals surface area contributed by atoms with Crippen LogP contribution >= 0.6 is 11.6 Å². The number of ether oxygens (including phenoxy) is 1. The van der Waals surface area contributed by atoms with Gasteiger partial charge < -0.3 is 14.6 Å². The average Bonchev–Trinajstić information content (AvgIpc) is 3.14. The lowest BCUT2D eigenvalue weighted by atomic mass is 10.1. The van der Waals surface area contributed by atoms with Crippen molar-refractivity contribution in [3.05, 3.63) is 76.1 Å². The Morgan fingerprint density at radius 2 is 1.76 bits per heavy atom. The Kier molecular flexibility index (Phi) is 9.09. The highest BCUT2D eigenvalue weighted by molar-refractivity contribution is 7.90. The summed E-state index contributed by atoms with van der Waals surface area (Å²) in [4.78, 5) is 13.2. The van der Waals surface area contributed by atoms with E-state index in [1.165, 1.54) is 41.0 Å². The van der Waals surface area contributed by atoms with Gasteiger partial charge in [-0.25, -0.2) is 8.42 Å². The van der Waals surface area contributed by atoms with E-state index >= 15 is 0 Å². The first kappa shape index (κ1) is 28.7. The van der Waals surface area contributed by atoms with Crippen molar-refractivity contribution in [2.24, 2.45) is 0 Å². The fourth-order valence-corrected chi connectivity index (χ4v) is 4.66. The molecule has 11 heteroatoms. The van der Waals surface area contributed by atoms with Crippen LogP contribution < -0.4 is 5.32 Å². The maximum absolute atomic E-state index is 13.9. The van der Waals surface area contributed by atoms with Gasteiger partial charge >= 0.3 is 6.18 Å². The van der Waals surface area contributed by atoms with Crippen LogP contribution in [0.1, 0.15) is 47.1 Å². The number of alkyl halides is 3. The molecule has 2 aromatic carbocycles. The molecule has 0 aliphatic carbocycles. The predicted octanol–water partition coefficient (Wildman–Crippen LogP) is 6.47. The summed E-state index contributed by atoms with van der Waals surface area (Å²) >= 11 is 5.88. The maximum atomic E-state index is 13.9. The molecule has 0 aliphatic heterocycles. The van der Waals surface area contributed by atoms with Crippen LogP contribution in [-0.2, 0) is 27.2 Å². The molecule has 0 unspecified atom stereocenters. The van der Waals surface area contributed by atoms with Crippen molar-refractivity contribution in [1.29, 1.82) is 0 Å². The first-order valence-corrected chi connectivity index (χ1v) is 13.9. The summed E-state index contributed by atoms with van der Waals surface area (Å²) in [6.07, 6.45) is -1.51. The van der Waals surface area contributed by atoms with Gasteiger partial charge in [0, 0.05) is 41.4 Å². The first-order chi connectivity index (χ1) is 17.3. The predicted molar refractivity (Wildman–Crippen MR) is 137 cm³/mol. The third-order valence-corrected chi connectivity index (χ3v) is 7.12. The number of amides is 1. The summed E-state index contributed by atoms with van der Waals surface area (Å²) in [5, 5.41) is 2.63. The molecule has 6 nitrogen and oxygen atoms in total. The van der Waals surface area contributed by atoms with Crippen molar-refractivity contribution in [3.63, 3.8) is 0 Å². The van der Waals surface area contributed by atoms with Crippen molar-refractivity contribution >= 4 is 33.0 Å². The lowest BCUT2D eigenvalue weighted by Crippen LogP contribution is -2.15. The molecule has 0 aliphatic rings. The highest BCUT2D eigenvalue weighted by atomic mass is 35.5. The number of anilines is 1. The quantitative estimate of drug-likeness (QED) is 0.290. The van der Waals surface area contributed by atoms with Gasteiger partial charge in [-0.05, 0) is 61.9 Å². The lowest BCUT2D eigenvalue weighted by molar-refractivity contribution is -0.137. The van der Waals surface area contributed by atoms with Gasteiger partial charge in [0.2, 0.25) is 0 Å². The number of nitrogens with one attached hydrogen (secondary N) is 1. The third-order valence-electron chi connectivity index (χ3n) is 5.76. The molecular weight excluding hydrogens is 529 g/mol. The topological polar surface area (TPSA) is 77.4 Å². The van der Waals surface area contributed by atoms with Crippen molar-refractivity contribution < 1.29 is 31.1 Å². The third kappa shape index (κ3) is 7.15. The fourth-order valence-electron chi connectivity index (χ4n) is 3.86. The van der Waals surface area contributed by atoms with Gasteiger partial charge in [0.05, 0.1) is 28.3 Å². The molecule has 1 heterocycles. The van der Waals surface area contributed by atoms with Gasteiger partial charge in [-0.1, -0.05) is 24.9 Å². The van der Waals surface area contributed by atoms with Gasteiger partial charge in [-0.15, -0.1) is 0 Å². The normalized spacial score (nSPS) is 12.1. The highest BCUT2D eigenvalue weighted by Gasteiger charge is 2.35. The lowest BCUT2D eigenvalue weighted by Gasteiger charge is -2.18. The molecule has 0 bridgehead atoms. The Morgan fingerprint density at radius 1 is 1.08 bits per heavy atom. The number of hydrogen-bond acceptors (Lipinski definition) is 4. The standard InChI is InChI=1S/C26H28ClF3N2O4S/c1-4-5-13-36-14-12-20-16-22(25(33)31-19-7-9-21(10-8-19)37(3,34)35)17(2)32(20)24-11-6-18(27)15-23(24)26(28,29)30/h6-11,15-16H,4-5,12-14H2,1-3H3,(H,31,33). The van der Waals surface area contributed by atoms with Crippen LogP contribution in [-0.4, -0.2) is 38.4 Å². The molecule has 1 N–H and O–H groups in total. The summed E-state index contributed by atoms with van der Waals surface area (Å²) in [5.41, 5.74) is 0.237. The van der Waals surface area contributed by atoms with Crippen LogP contribution in [0.25, 0.3) is 5.69 Å². The molecule has 1 aromatic heterocycles. The minimum atomic E-state index is -4.67. The molecule has 1 amide bonds. The molecule has 0 radical (unpaired) electrons. The van der Waals surface area contributed by atoms with E-state index in [4.69, 9.17) is 16.3 Å². The van der Waals surface area contributed by atoms with Gasteiger partial charge in [0.25, 0.3) is 5.91 Å². The molecule has 200 valence electrons. The van der Waals surface area contributed by atoms with Gasteiger partial charge in [-0.3, -0.25) is 4.79 Å². The minimum absolute atomic E-state index is 0.0548. The van der Waals surface area contributed by atoms with Crippen LogP contribution in [0.5, 0.6) is 0 Å². The number of halogens is 4. The van der Waals surface area contributed by atoms with E-state index in [1.807, 2.05) is 6.92 Å². The smallest absolute Gasteiger partial charge is 0.381 e. The summed E-state index contributed by atoms with van der Waals surface area (Å²) < 4.78 is 72.2. The van der Waals surface area contributed by atoms with E-state index in [-0.39, 0.29) is 34.2 Å². The van der Waals surface area contributed by atoms with Crippen molar-refractivity contribution in [3.8, 4) is 5.69 Å². The van der Waals surface area contributed by atoms with Gasteiger partial charge in [0.1, 0.15) is 0 Å². The molecular formula is C26H28ClF3N2O4S. The SMILES string of the molecule is CCCCOCCc1cc(C(=O)Nc2ccc(S(C)(=O)=O)cc2)c(C)n1-c1ccc(Cl)cc1C(F)(F)F. The van der Waals surface area contributed by atoms with E-state index in [1.54, 1.807) is 13.0 Å². The number of rotatable bonds is 10. The first-order valence-electron chi connectivity index (χ1n) is 11.6. The summed E-state index contributed by atoms with van der Waals surface area (Å²) in [5.74, 6) is -0.543. The number of sulfone groups is 1. The number of nitrogens with zero attached hydrogens (tertiary/aromatic N) is 1. The molecule has 0 saturated heterocycles. The largest absolute Gasteiger partial charge is 0.418 e. The number of carbonyl (C=O) groups excluding carboxylic acids is 1. The molecule has 0 spiro atoms. The zero-order chi connectivity index (χ0) is 27.4. The van der Waals surface area contributed by atoms with Crippen molar-refractivity contribution in [2.75, 3.05) is 24.8 Å². The zero-order valence-corrected chi connectivity index (χ0v) is 22.2. The highest BCUT2D eigenvalue weighted by Crippen LogP contribution is 2.37. The van der Waals surface area contributed by atoms with E-state index < -0.39 is 27.5 Å². The van der Waals surface area contributed by atoms with E-state index in [9.17, 15) is 26.4 Å². The number of hydrogen-bond donors (Lipinski definition) is 1. The minimum Gasteiger partial charge on any atom is -0.381 e. The van der Waals surface area contributed by atoms with Crippen molar-refractivity contribution in [1.82, 2.24) is 4.57 Å². The Morgan fingerprint density at radius 3 is 2.35 bits per heavy atom. The van der Waals surface area contributed by atoms with Crippen LogP contribution in [0.3, 0.4) is 0 Å². The van der Waals surface area contributed by atoms with E-state index in [0.29, 0.717) is 23.7 Å². The van der Waals surface area contributed by atoms with Crippen LogP contribution in [0.2, 0.25) is 5.02 Å². The van der Waals surface area contributed by atoms with Crippen molar-refractivity contribution in [2.45, 2.75) is 44.2 Å². The summed E-state index contributed by atoms with van der Waals surface area (Å²) in [6.45, 7) is 4.39. The number of benzene rings is 2. The maximum Gasteiger partial charge on any atom is 0.418 e. The molecule has 0 atom stereocenters. The molecule has 37 heavy (non-hydrogen) atoms. The zero-order valence-electron chi connectivity index (χ0n) is 20.7. The van der Waals surface area contributed by atoms with Gasteiger partial charge in [-0.2, -0.15) is 13.2 Å². The Labute approximate surface area is 219 Å². The monoisotopic (exact) mass is 556 g/mol. The van der Waals surface area contributed by atoms with Crippen LogP contribution in [0, 0.1) is 6.92 Å².